The van der Waals surface area contributed by atoms with Crippen molar-refractivity contribution >= 4 is 5.91 Å². The monoisotopic (exact) mass is 252 g/mol. The second kappa shape index (κ2) is 6.55. The van der Waals surface area contributed by atoms with Crippen LogP contribution in [0.15, 0.2) is 0 Å². The van der Waals surface area contributed by atoms with Gasteiger partial charge < -0.3 is 10.6 Å². The molecule has 3 nitrogen and oxygen atoms in total. The summed E-state index contributed by atoms with van der Waals surface area (Å²) in [7, 11) is 0. The van der Waals surface area contributed by atoms with Gasteiger partial charge in [0, 0.05) is 19.0 Å². The highest BCUT2D eigenvalue weighted by molar-refractivity contribution is 5.77. The highest BCUT2D eigenvalue weighted by atomic mass is 16.2. The van der Waals surface area contributed by atoms with E-state index in [2.05, 4.69) is 11.8 Å². The lowest BCUT2D eigenvalue weighted by Gasteiger charge is -2.40. The second-order valence-corrected chi connectivity index (χ2v) is 6.03. The van der Waals surface area contributed by atoms with Gasteiger partial charge in [-0.2, -0.15) is 0 Å². The molecule has 2 aliphatic rings. The lowest BCUT2D eigenvalue weighted by molar-refractivity contribution is -0.136. The maximum Gasteiger partial charge on any atom is 0.223 e. The molecule has 2 rings (SSSR count). The third-order valence-electron chi connectivity index (χ3n) is 4.92. The van der Waals surface area contributed by atoms with E-state index in [0.29, 0.717) is 23.8 Å². The van der Waals surface area contributed by atoms with E-state index < -0.39 is 0 Å². The highest BCUT2D eigenvalue weighted by Gasteiger charge is 2.32. The summed E-state index contributed by atoms with van der Waals surface area (Å²) >= 11 is 0. The summed E-state index contributed by atoms with van der Waals surface area (Å²) in [5.74, 6) is 1.59. The molecule has 2 aliphatic carbocycles. The third kappa shape index (κ3) is 3.05. The highest BCUT2D eigenvalue weighted by Crippen LogP contribution is 2.32. The zero-order chi connectivity index (χ0) is 13.0. The van der Waals surface area contributed by atoms with E-state index in [9.17, 15) is 4.79 Å². The fourth-order valence-corrected chi connectivity index (χ4v) is 3.53. The first-order valence-electron chi connectivity index (χ1n) is 7.75. The van der Waals surface area contributed by atoms with E-state index in [0.717, 1.165) is 25.9 Å². The fourth-order valence-electron chi connectivity index (χ4n) is 3.53. The molecule has 2 fully saturated rings. The van der Waals surface area contributed by atoms with E-state index in [1.807, 2.05) is 0 Å². The van der Waals surface area contributed by atoms with Crippen molar-refractivity contribution < 1.29 is 4.79 Å². The molecular formula is C15H28N2O. The summed E-state index contributed by atoms with van der Waals surface area (Å²) in [6.07, 6.45) is 9.52. The van der Waals surface area contributed by atoms with Gasteiger partial charge in [-0.25, -0.2) is 0 Å². The van der Waals surface area contributed by atoms with Crippen molar-refractivity contribution in [1.82, 2.24) is 4.90 Å². The zero-order valence-electron chi connectivity index (χ0n) is 11.7. The largest absolute Gasteiger partial charge is 0.340 e. The molecule has 2 N–H and O–H groups in total. The number of hydrogen-bond donors (Lipinski definition) is 1. The van der Waals surface area contributed by atoms with E-state index in [-0.39, 0.29) is 0 Å². The molecule has 0 radical (unpaired) electrons. The first-order chi connectivity index (χ1) is 8.76. The van der Waals surface area contributed by atoms with Crippen molar-refractivity contribution in [1.29, 1.82) is 0 Å². The Morgan fingerprint density at radius 3 is 2.44 bits per heavy atom. The van der Waals surface area contributed by atoms with Gasteiger partial charge in [0.15, 0.2) is 0 Å². The Bertz CT molecular complexity index is 276. The molecule has 0 aliphatic heterocycles. The Hall–Kier alpha value is -0.570. The normalized spacial score (nSPS) is 28.8. The average molecular weight is 252 g/mol. The smallest absolute Gasteiger partial charge is 0.223 e. The lowest BCUT2D eigenvalue weighted by Crippen LogP contribution is -2.48. The van der Waals surface area contributed by atoms with E-state index in [1.165, 1.54) is 38.5 Å². The number of rotatable bonds is 5. The first-order valence-corrected chi connectivity index (χ1v) is 7.75. The molecule has 0 aromatic heterocycles. The quantitative estimate of drug-likeness (QED) is 0.817. The molecule has 0 bridgehead atoms. The Labute approximate surface area is 111 Å². The van der Waals surface area contributed by atoms with Crippen LogP contribution in [0.3, 0.4) is 0 Å². The van der Waals surface area contributed by atoms with Crippen LogP contribution in [0.1, 0.15) is 58.3 Å². The van der Waals surface area contributed by atoms with Crippen LogP contribution in [0, 0.1) is 11.8 Å². The van der Waals surface area contributed by atoms with Crippen LogP contribution < -0.4 is 5.73 Å². The summed E-state index contributed by atoms with van der Waals surface area (Å²) in [6.45, 7) is 3.70. The maximum absolute atomic E-state index is 12.4. The molecule has 0 heterocycles. The average Bonchev–Trinajstić information content (AvgIpc) is 2.35. The minimum atomic E-state index is 0.382. The number of carbonyl (C=O) groups excluding carboxylic acids is 1. The zero-order valence-corrected chi connectivity index (χ0v) is 11.7. The second-order valence-electron chi connectivity index (χ2n) is 6.03. The maximum atomic E-state index is 12.4. The molecule has 18 heavy (non-hydrogen) atoms. The predicted molar refractivity (Wildman–Crippen MR) is 74.1 cm³/mol. The Morgan fingerprint density at radius 1 is 1.17 bits per heavy atom. The van der Waals surface area contributed by atoms with E-state index in [4.69, 9.17) is 5.73 Å². The van der Waals surface area contributed by atoms with Crippen LogP contribution in [0.5, 0.6) is 0 Å². The molecule has 0 aromatic rings. The fraction of sp³-hybridized carbons (Fsp3) is 0.933. The minimum Gasteiger partial charge on any atom is -0.340 e. The van der Waals surface area contributed by atoms with E-state index >= 15 is 0 Å². The number of nitrogens with zero attached hydrogens (tertiary/aromatic N) is 1. The van der Waals surface area contributed by atoms with Gasteiger partial charge in [0.1, 0.15) is 0 Å². The van der Waals surface area contributed by atoms with Crippen molar-refractivity contribution in [2.45, 2.75) is 64.3 Å². The van der Waals surface area contributed by atoms with Crippen LogP contribution in [0.2, 0.25) is 0 Å². The Balaban J connectivity index is 1.94. The van der Waals surface area contributed by atoms with Gasteiger partial charge in [-0.05, 0) is 51.0 Å². The van der Waals surface area contributed by atoms with Crippen molar-refractivity contribution in [2.24, 2.45) is 17.6 Å². The van der Waals surface area contributed by atoms with Gasteiger partial charge in [0.05, 0.1) is 0 Å². The van der Waals surface area contributed by atoms with Crippen molar-refractivity contribution in [3.05, 3.63) is 0 Å². The van der Waals surface area contributed by atoms with Gasteiger partial charge in [-0.3, -0.25) is 4.79 Å². The molecule has 1 amide bonds. The van der Waals surface area contributed by atoms with Gasteiger partial charge in [-0.1, -0.05) is 19.3 Å². The Morgan fingerprint density at radius 2 is 1.89 bits per heavy atom. The van der Waals surface area contributed by atoms with Crippen LogP contribution >= 0.6 is 0 Å². The Kier molecular flexibility index (Phi) is 5.04. The molecule has 2 unspecified atom stereocenters. The lowest BCUT2D eigenvalue weighted by atomic mass is 9.81. The summed E-state index contributed by atoms with van der Waals surface area (Å²) in [5, 5.41) is 0. The predicted octanol–water partition coefficient (Wildman–Crippen LogP) is 2.54. The van der Waals surface area contributed by atoms with Crippen LogP contribution in [-0.4, -0.2) is 29.9 Å². The van der Waals surface area contributed by atoms with Gasteiger partial charge >= 0.3 is 0 Å². The first kappa shape index (κ1) is 13.9. The van der Waals surface area contributed by atoms with Gasteiger partial charge in [-0.15, -0.1) is 0 Å². The summed E-state index contributed by atoms with van der Waals surface area (Å²) in [5.41, 5.74) is 5.89. The summed E-state index contributed by atoms with van der Waals surface area (Å²) < 4.78 is 0. The van der Waals surface area contributed by atoms with Crippen LogP contribution in [0.4, 0.5) is 0 Å². The number of nitrogens with two attached hydrogens (primary N) is 1. The number of amides is 1. The summed E-state index contributed by atoms with van der Waals surface area (Å²) in [4.78, 5) is 14.6. The molecule has 0 spiro atoms. The van der Waals surface area contributed by atoms with Gasteiger partial charge in [0.25, 0.3) is 0 Å². The topological polar surface area (TPSA) is 46.3 Å². The van der Waals surface area contributed by atoms with Gasteiger partial charge in [0.2, 0.25) is 5.91 Å². The molecule has 2 atom stereocenters. The minimum absolute atomic E-state index is 0.382. The van der Waals surface area contributed by atoms with E-state index in [1.54, 1.807) is 0 Å². The molecule has 0 saturated heterocycles. The molecule has 104 valence electrons. The molecule has 2 saturated carbocycles. The summed E-state index contributed by atoms with van der Waals surface area (Å²) in [6, 6.07) is 0.418. The number of hydrogen-bond acceptors (Lipinski definition) is 2. The molecule has 3 heteroatoms. The van der Waals surface area contributed by atoms with Crippen LogP contribution in [-0.2, 0) is 4.79 Å². The third-order valence-corrected chi connectivity index (χ3v) is 4.92. The van der Waals surface area contributed by atoms with Crippen molar-refractivity contribution in [3.8, 4) is 0 Å². The van der Waals surface area contributed by atoms with Crippen molar-refractivity contribution in [2.75, 3.05) is 13.1 Å². The molecular weight excluding hydrogens is 224 g/mol. The number of carbonyl (C=O) groups is 1. The standard InChI is InChI=1S/C15H28N2O/c1-2-17(15(18)10-12-6-5-7-12)14-9-4-3-8-13(14)11-16/h12-14H,2-11,16H2,1H3. The van der Waals surface area contributed by atoms with Crippen LogP contribution in [0.25, 0.3) is 0 Å². The van der Waals surface area contributed by atoms with Crippen molar-refractivity contribution in [3.63, 3.8) is 0 Å². The molecule has 0 aromatic carbocycles. The SMILES string of the molecule is CCN(C(=O)CC1CCC1)C1CCCCC1CN.